The number of carbonyl (C=O) groups excluding carboxylic acids is 2. The van der Waals surface area contributed by atoms with Crippen molar-refractivity contribution in [2.24, 2.45) is 0 Å². The van der Waals surface area contributed by atoms with Crippen LogP contribution < -0.4 is 10.6 Å². The zero-order chi connectivity index (χ0) is 15.1. The summed E-state index contributed by atoms with van der Waals surface area (Å²) in [5.74, 6) is -1.18. The van der Waals surface area contributed by atoms with E-state index in [4.69, 9.17) is 23.2 Å². The Labute approximate surface area is 128 Å². The van der Waals surface area contributed by atoms with Crippen molar-refractivity contribution in [1.29, 1.82) is 0 Å². The number of benzene rings is 1. The van der Waals surface area contributed by atoms with Gasteiger partial charge in [0.25, 0.3) is 11.8 Å². The zero-order valence-corrected chi connectivity index (χ0v) is 12.8. The number of carbonyl (C=O) groups is 2. The number of hydrogen-bond donors (Lipinski definition) is 2. The molecule has 1 rings (SSSR count). The van der Waals surface area contributed by atoms with Crippen LogP contribution >= 0.6 is 23.2 Å². The Hall–Kier alpha value is -1.52. The van der Waals surface area contributed by atoms with Crippen molar-refractivity contribution in [3.05, 3.63) is 39.9 Å². The lowest BCUT2D eigenvalue weighted by Gasteiger charge is -2.07. The van der Waals surface area contributed by atoms with Gasteiger partial charge in [0.05, 0.1) is 0 Å². The van der Waals surface area contributed by atoms with Gasteiger partial charge in [0.15, 0.2) is 0 Å². The molecular formula is C14H16Cl2N2O2. The van der Waals surface area contributed by atoms with E-state index in [1.165, 1.54) is 0 Å². The highest BCUT2D eigenvalue weighted by molar-refractivity contribution is 6.54. The molecule has 20 heavy (non-hydrogen) atoms. The van der Waals surface area contributed by atoms with Gasteiger partial charge in [0, 0.05) is 12.2 Å². The second-order valence-electron chi connectivity index (χ2n) is 4.20. The number of nitrogens with one attached hydrogen (secondary N) is 2. The van der Waals surface area contributed by atoms with Crippen LogP contribution in [0.15, 0.2) is 34.3 Å². The smallest absolute Gasteiger partial charge is 0.268 e. The molecule has 0 saturated heterocycles. The normalized spacial score (nSPS) is 11.6. The third kappa shape index (κ3) is 4.87. The van der Waals surface area contributed by atoms with E-state index >= 15 is 0 Å². The molecule has 4 nitrogen and oxygen atoms in total. The number of aryl methyl sites for hydroxylation is 1. The molecule has 0 unspecified atom stereocenters. The second-order valence-corrected chi connectivity index (χ2v) is 4.96. The van der Waals surface area contributed by atoms with E-state index in [9.17, 15) is 9.59 Å². The van der Waals surface area contributed by atoms with Crippen LogP contribution in [0, 0.1) is 6.92 Å². The highest BCUT2D eigenvalue weighted by Crippen LogP contribution is 2.17. The average Bonchev–Trinajstić information content (AvgIpc) is 2.45. The number of rotatable bonds is 5. The number of anilines is 1. The first-order valence-electron chi connectivity index (χ1n) is 6.17. The molecule has 0 saturated carbocycles. The van der Waals surface area contributed by atoms with Gasteiger partial charge < -0.3 is 10.6 Å². The summed E-state index contributed by atoms with van der Waals surface area (Å²) in [6.07, 6.45) is 0.767. The Kier molecular flexibility index (Phi) is 6.55. The molecule has 0 aliphatic heterocycles. The molecule has 0 spiro atoms. The van der Waals surface area contributed by atoms with Crippen molar-refractivity contribution in [1.82, 2.24) is 5.32 Å². The maximum absolute atomic E-state index is 11.9. The number of halogens is 2. The van der Waals surface area contributed by atoms with E-state index in [0.29, 0.717) is 12.2 Å². The Balaban J connectivity index is 2.74. The average molecular weight is 315 g/mol. The van der Waals surface area contributed by atoms with Gasteiger partial charge in [-0.15, -0.1) is 0 Å². The SMILES string of the molecule is CCCNC(=O)/C(Cl)=C(/Cl)C(=O)Nc1ccc(C)cc1. The van der Waals surface area contributed by atoms with Gasteiger partial charge in [-0.3, -0.25) is 9.59 Å². The maximum Gasteiger partial charge on any atom is 0.268 e. The van der Waals surface area contributed by atoms with Crippen molar-refractivity contribution in [2.45, 2.75) is 20.3 Å². The molecule has 0 aliphatic carbocycles. The maximum atomic E-state index is 11.9. The fourth-order valence-electron chi connectivity index (χ4n) is 1.34. The largest absolute Gasteiger partial charge is 0.351 e. The lowest BCUT2D eigenvalue weighted by atomic mass is 10.2. The summed E-state index contributed by atoms with van der Waals surface area (Å²) in [6.45, 7) is 4.32. The van der Waals surface area contributed by atoms with Gasteiger partial charge in [-0.25, -0.2) is 0 Å². The van der Waals surface area contributed by atoms with Crippen molar-refractivity contribution in [3.63, 3.8) is 0 Å². The van der Waals surface area contributed by atoms with E-state index in [-0.39, 0.29) is 10.1 Å². The van der Waals surface area contributed by atoms with Crippen LogP contribution in [-0.4, -0.2) is 18.4 Å². The van der Waals surface area contributed by atoms with Crippen molar-refractivity contribution in [2.75, 3.05) is 11.9 Å². The van der Waals surface area contributed by atoms with Crippen LogP contribution in [0.4, 0.5) is 5.69 Å². The zero-order valence-electron chi connectivity index (χ0n) is 11.3. The summed E-state index contributed by atoms with van der Waals surface area (Å²) in [4.78, 5) is 23.4. The molecule has 6 heteroatoms. The molecule has 2 amide bonds. The van der Waals surface area contributed by atoms with Gasteiger partial charge in [0.2, 0.25) is 0 Å². The van der Waals surface area contributed by atoms with Crippen molar-refractivity contribution >= 4 is 40.7 Å². The molecule has 0 radical (unpaired) electrons. The lowest BCUT2D eigenvalue weighted by molar-refractivity contribution is -0.117. The van der Waals surface area contributed by atoms with Gasteiger partial charge >= 0.3 is 0 Å². The molecule has 1 aromatic rings. The van der Waals surface area contributed by atoms with E-state index in [1.807, 2.05) is 26.0 Å². The first-order chi connectivity index (χ1) is 9.45. The summed E-state index contributed by atoms with van der Waals surface area (Å²) < 4.78 is 0. The highest BCUT2D eigenvalue weighted by atomic mass is 35.5. The Morgan fingerprint density at radius 3 is 2.15 bits per heavy atom. The first kappa shape index (κ1) is 16.5. The molecule has 0 heterocycles. The van der Waals surface area contributed by atoms with Gasteiger partial charge in [-0.05, 0) is 25.5 Å². The van der Waals surface area contributed by atoms with Crippen LogP contribution in [0.25, 0.3) is 0 Å². The third-order valence-corrected chi connectivity index (χ3v) is 3.25. The minimum atomic E-state index is -0.618. The predicted molar refractivity (Wildman–Crippen MR) is 81.8 cm³/mol. The molecule has 0 bridgehead atoms. The van der Waals surface area contributed by atoms with Gasteiger partial charge in [-0.2, -0.15) is 0 Å². The summed E-state index contributed by atoms with van der Waals surface area (Å²) >= 11 is 11.6. The van der Waals surface area contributed by atoms with Gasteiger partial charge in [0.1, 0.15) is 10.1 Å². The molecule has 0 atom stereocenters. The molecule has 2 N–H and O–H groups in total. The lowest BCUT2D eigenvalue weighted by Crippen LogP contribution is -2.26. The van der Waals surface area contributed by atoms with Crippen LogP contribution in [0.3, 0.4) is 0 Å². The fourth-order valence-corrected chi connectivity index (χ4v) is 1.62. The van der Waals surface area contributed by atoms with E-state index in [0.717, 1.165) is 12.0 Å². The molecule has 0 fully saturated rings. The van der Waals surface area contributed by atoms with Crippen molar-refractivity contribution < 1.29 is 9.59 Å². The summed E-state index contributed by atoms with van der Waals surface area (Å²) in [5.41, 5.74) is 1.65. The standard InChI is InChI=1S/C14H16Cl2N2O2/c1-3-8-17-13(19)11(15)12(16)14(20)18-10-6-4-9(2)5-7-10/h4-7H,3,8H2,1-2H3,(H,17,19)(H,18,20)/b12-11-. The molecule has 0 aromatic heterocycles. The van der Waals surface area contributed by atoms with Crippen LogP contribution in [-0.2, 0) is 9.59 Å². The molecular weight excluding hydrogens is 299 g/mol. The molecule has 0 aliphatic rings. The predicted octanol–water partition coefficient (Wildman–Crippen LogP) is 3.15. The van der Waals surface area contributed by atoms with E-state index in [2.05, 4.69) is 10.6 Å². The Morgan fingerprint density at radius 1 is 1.05 bits per heavy atom. The van der Waals surface area contributed by atoms with E-state index in [1.54, 1.807) is 12.1 Å². The molecule has 1 aromatic carbocycles. The monoisotopic (exact) mass is 314 g/mol. The summed E-state index contributed by atoms with van der Waals surface area (Å²) in [5, 5.41) is 4.47. The summed E-state index contributed by atoms with van der Waals surface area (Å²) in [7, 11) is 0. The minimum Gasteiger partial charge on any atom is -0.351 e. The summed E-state index contributed by atoms with van der Waals surface area (Å²) in [6, 6.07) is 7.18. The van der Waals surface area contributed by atoms with Crippen LogP contribution in [0.1, 0.15) is 18.9 Å². The number of amides is 2. The first-order valence-corrected chi connectivity index (χ1v) is 6.92. The second kappa shape index (κ2) is 7.92. The fraction of sp³-hybridized carbons (Fsp3) is 0.286. The topological polar surface area (TPSA) is 58.2 Å². The third-order valence-electron chi connectivity index (χ3n) is 2.44. The highest BCUT2D eigenvalue weighted by Gasteiger charge is 2.17. The minimum absolute atomic E-state index is 0.315. The van der Waals surface area contributed by atoms with E-state index < -0.39 is 11.8 Å². The Bertz CT molecular complexity index is 524. The van der Waals surface area contributed by atoms with Crippen LogP contribution in [0.2, 0.25) is 0 Å². The van der Waals surface area contributed by atoms with Gasteiger partial charge in [-0.1, -0.05) is 47.8 Å². The van der Waals surface area contributed by atoms with Crippen LogP contribution in [0.5, 0.6) is 0 Å². The molecule has 108 valence electrons. The number of hydrogen-bond acceptors (Lipinski definition) is 2. The quantitative estimate of drug-likeness (QED) is 0.820. The van der Waals surface area contributed by atoms with Crippen molar-refractivity contribution in [3.8, 4) is 0 Å². The Morgan fingerprint density at radius 2 is 1.60 bits per heavy atom.